The zero-order chi connectivity index (χ0) is 10.0. The molecule has 0 bridgehead atoms. The molecule has 2 N–H and O–H groups in total. The van der Waals surface area contributed by atoms with Crippen LogP contribution in [-0.4, -0.2) is 6.61 Å². The van der Waals surface area contributed by atoms with Crippen molar-refractivity contribution in [3.63, 3.8) is 0 Å². The third-order valence-corrected chi connectivity index (χ3v) is 1.89. The van der Waals surface area contributed by atoms with Gasteiger partial charge in [0.2, 0.25) is 0 Å². The van der Waals surface area contributed by atoms with E-state index >= 15 is 0 Å². The third-order valence-electron chi connectivity index (χ3n) is 1.27. The van der Waals surface area contributed by atoms with Gasteiger partial charge >= 0.3 is 6.61 Å². The fourth-order valence-corrected chi connectivity index (χ4v) is 1.14. The van der Waals surface area contributed by atoms with E-state index in [9.17, 15) is 13.2 Å². The van der Waals surface area contributed by atoms with Crippen molar-refractivity contribution in [2.24, 2.45) is 0 Å². The highest BCUT2D eigenvalue weighted by molar-refractivity contribution is 9.10. The summed E-state index contributed by atoms with van der Waals surface area (Å²) in [5.74, 6) is -0.873. The van der Waals surface area contributed by atoms with Crippen molar-refractivity contribution in [2.75, 3.05) is 5.73 Å². The molecule has 0 heterocycles. The number of anilines is 1. The maximum atomic E-state index is 12.7. The summed E-state index contributed by atoms with van der Waals surface area (Å²) in [6.07, 6.45) is 0. The van der Waals surface area contributed by atoms with Gasteiger partial charge in [0.1, 0.15) is 11.6 Å². The minimum absolute atomic E-state index is 0.0968. The Morgan fingerprint density at radius 2 is 2.00 bits per heavy atom. The van der Waals surface area contributed by atoms with Crippen LogP contribution in [0.5, 0.6) is 5.75 Å². The van der Waals surface area contributed by atoms with Crippen molar-refractivity contribution in [1.29, 1.82) is 0 Å². The van der Waals surface area contributed by atoms with Gasteiger partial charge in [-0.15, -0.1) is 0 Å². The SMILES string of the molecule is Nc1cc(OC(F)F)c(Br)cc1F. The molecule has 0 amide bonds. The van der Waals surface area contributed by atoms with E-state index in [1.165, 1.54) is 0 Å². The molecule has 0 aliphatic rings. The molecule has 13 heavy (non-hydrogen) atoms. The quantitative estimate of drug-likeness (QED) is 0.825. The molecule has 1 rings (SSSR count). The molecule has 0 unspecified atom stereocenters. The highest BCUT2D eigenvalue weighted by atomic mass is 79.9. The Morgan fingerprint density at radius 1 is 1.38 bits per heavy atom. The lowest BCUT2D eigenvalue weighted by Crippen LogP contribution is -2.03. The molecule has 0 aliphatic carbocycles. The van der Waals surface area contributed by atoms with Crippen LogP contribution in [0.1, 0.15) is 0 Å². The lowest BCUT2D eigenvalue weighted by atomic mass is 10.3. The van der Waals surface area contributed by atoms with Crippen molar-refractivity contribution in [1.82, 2.24) is 0 Å². The Morgan fingerprint density at radius 3 is 2.54 bits per heavy atom. The average Bonchev–Trinajstić information content (AvgIpc) is 1.99. The van der Waals surface area contributed by atoms with E-state index in [0.717, 1.165) is 12.1 Å². The van der Waals surface area contributed by atoms with Gasteiger partial charge in [-0.05, 0) is 22.0 Å². The normalized spacial score (nSPS) is 10.5. The highest BCUT2D eigenvalue weighted by Gasteiger charge is 2.11. The summed E-state index contributed by atoms with van der Waals surface area (Å²) >= 11 is 2.86. The Bertz CT molecular complexity index is 319. The van der Waals surface area contributed by atoms with Crippen molar-refractivity contribution >= 4 is 21.6 Å². The largest absolute Gasteiger partial charge is 0.434 e. The van der Waals surface area contributed by atoms with Crippen LogP contribution in [0.3, 0.4) is 0 Å². The van der Waals surface area contributed by atoms with Crippen LogP contribution in [-0.2, 0) is 0 Å². The van der Waals surface area contributed by atoms with E-state index in [0.29, 0.717) is 0 Å². The van der Waals surface area contributed by atoms with E-state index < -0.39 is 12.4 Å². The summed E-state index contributed by atoms with van der Waals surface area (Å²) in [4.78, 5) is 0. The van der Waals surface area contributed by atoms with Gasteiger partial charge in [-0.1, -0.05) is 0 Å². The van der Waals surface area contributed by atoms with Gasteiger partial charge < -0.3 is 10.5 Å². The van der Waals surface area contributed by atoms with E-state index in [-0.39, 0.29) is 15.9 Å². The molecule has 72 valence electrons. The van der Waals surface area contributed by atoms with E-state index in [2.05, 4.69) is 20.7 Å². The molecule has 0 atom stereocenters. The van der Waals surface area contributed by atoms with E-state index in [1.54, 1.807) is 0 Å². The second-order valence-electron chi connectivity index (χ2n) is 2.18. The van der Waals surface area contributed by atoms with E-state index in [4.69, 9.17) is 5.73 Å². The second-order valence-corrected chi connectivity index (χ2v) is 3.04. The Labute approximate surface area is 80.6 Å². The molecular weight excluding hydrogens is 251 g/mol. The van der Waals surface area contributed by atoms with Crippen molar-refractivity contribution < 1.29 is 17.9 Å². The van der Waals surface area contributed by atoms with Gasteiger partial charge in [-0.2, -0.15) is 8.78 Å². The molecule has 2 nitrogen and oxygen atoms in total. The first-order chi connectivity index (χ1) is 6.00. The van der Waals surface area contributed by atoms with Crippen LogP contribution in [0.2, 0.25) is 0 Å². The van der Waals surface area contributed by atoms with Gasteiger partial charge in [-0.3, -0.25) is 0 Å². The predicted octanol–water partition coefficient (Wildman–Crippen LogP) is 2.77. The second kappa shape index (κ2) is 3.87. The molecule has 0 radical (unpaired) electrons. The maximum absolute atomic E-state index is 12.7. The fourth-order valence-electron chi connectivity index (χ4n) is 0.731. The summed E-state index contributed by atoms with van der Waals surface area (Å²) in [6.45, 7) is -2.96. The average molecular weight is 256 g/mol. The van der Waals surface area contributed by atoms with Gasteiger partial charge in [-0.25, -0.2) is 4.39 Å². The zero-order valence-corrected chi connectivity index (χ0v) is 7.82. The van der Waals surface area contributed by atoms with Crippen LogP contribution in [0.4, 0.5) is 18.9 Å². The first kappa shape index (κ1) is 10.2. The first-order valence-corrected chi connectivity index (χ1v) is 3.99. The molecule has 0 saturated carbocycles. The summed E-state index contributed by atoms with van der Waals surface area (Å²) in [7, 11) is 0. The molecule has 0 aromatic heterocycles. The standard InChI is InChI=1S/C7H5BrF3NO/c8-3-1-4(9)5(12)2-6(3)13-7(10)11/h1-2,7H,12H2. The number of nitrogen functional groups attached to an aromatic ring is 1. The summed E-state index contributed by atoms with van der Waals surface area (Å²) < 4.78 is 40.4. The fraction of sp³-hybridized carbons (Fsp3) is 0.143. The molecule has 1 aromatic rings. The molecule has 0 spiro atoms. The number of halogens is 4. The minimum Gasteiger partial charge on any atom is -0.434 e. The molecule has 0 saturated heterocycles. The molecular formula is C7H5BrF3NO. The Kier molecular flexibility index (Phi) is 3.02. The number of nitrogens with two attached hydrogens (primary N) is 1. The van der Waals surface area contributed by atoms with Gasteiger partial charge in [0.05, 0.1) is 10.2 Å². The smallest absolute Gasteiger partial charge is 0.387 e. The summed E-state index contributed by atoms with van der Waals surface area (Å²) in [5, 5.41) is 0. The molecule has 1 aromatic carbocycles. The Hall–Kier alpha value is -0.910. The predicted molar refractivity (Wildman–Crippen MR) is 45.1 cm³/mol. The maximum Gasteiger partial charge on any atom is 0.387 e. The molecule has 0 aliphatic heterocycles. The molecule has 0 fully saturated rings. The number of hydrogen-bond donors (Lipinski definition) is 1. The van der Waals surface area contributed by atoms with Crippen LogP contribution < -0.4 is 10.5 Å². The molecule has 6 heteroatoms. The number of alkyl halides is 2. The van der Waals surface area contributed by atoms with Crippen molar-refractivity contribution in [3.05, 3.63) is 22.4 Å². The Balaban J connectivity index is 3.01. The third kappa shape index (κ3) is 2.51. The highest BCUT2D eigenvalue weighted by Crippen LogP contribution is 2.30. The van der Waals surface area contributed by atoms with E-state index in [1.807, 2.05) is 0 Å². The van der Waals surface area contributed by atoms with Gasteiger partial charge in [0.15, 0.2) is 0 Å². The minimum atomic E-state index is -2.96. The monoisotopic (exact) mass is 255 g/mol. The van der Waals surface area contributed by atoms with Crippen LogP contribution in [0.15, 0.2) is 16.6 Å². The number of rotatable bonds is 2. The lowest BCUT2D eigenvalue weighted by molar-refractivity contribution is -0.0503. The first-order valence-electron chi connectivity index (χ1n) is 3.20. The van der Waals surface area contributed by atoms with Crippen LogP contribution in [0.25, 0.3) is 0 Å². The number of benzene rings is 1. The summed E-state index contributed by atoms with van der Waals surface area (Å²) in [6, 6.07) is 1.96. The van der Waals surface area contributed by atoms with Gasteiger partial charge in [0.25, 0.3) is 0 Å². The zero-order valence-electron chi connectivity index (χ0n) is 6.23. The van der Waals surface area contributed by atoms with Crippen LogP contribution >= 0.6 is 15.9 Å². The summed E-state index contributed by atoms with van der Waals surface area (Å²) in [5.41, 5.74) is 4.91. The van der Waals surface area contributed by atoms with Crippen molar-refractivity contribution in [2.45, 2.75) is 6.61 Å². The van der Waals surface area contributed by atoms with Crippen molar-refractivity contribution in [3.8, 4) is 5.75 Å². The van der Waals surface area contributed by atoms with Gasteiger partial charge in [0, 0.05) is 6.07 Å². The number of hydrogen-bond acceptors (Lipinski definition) is 2. The number of ether oxygens (including phenoxy) is 1. The van der Waals surface area contributed by atoms with Crippen LogP contribution in [0, 0.1) is 5.82 Å². The lowest BCUT2D eigenvalue weighted by Gasteiger charge is -2.07. The topological polar surface area (TPSA) is 35.2 Å².